The van der Waals surface area contributed by atoms with Crippen LogP contribution in [0.2, 0.25) is 0 Å². The molecule has 0 atom stereocenters. The summed E-state index contributed by atoms with van der Waals surface area (Å²) in [6.07, 6.45) is 2.13. The van der Waals surface area contributed by atoms with Crippen molar-refractivity contribution in [3.8, 4) is 5.69 Å². The first-order valence-corrected chi connectivity index (χ1v) is 5.68. The van der Waals surface area contributed by atoms with Crippen molar-refractivity contribution < 1.29 is 9.90 Å². The van der Waals surface area contributed by atoms with Gasteiger partial charge < -0.3 is 5.11 Å². The molecule has 0 aliphatic rings. The number of aromatic nitrogens is 1. The van der Waals surface area contributed by atoms with Gasteiger partial charge in [0.2, 0.25) is 0 Å². The van der Waals surface area contributed by atoms with Crippen LogP contribution in [0.25, 0.3) is 5.69 Å². The van der Waals surface area contributed by atoms with Gasteiger partial charge in [-0.25, -0.2) is 4.79 Å². The number of aromatic carboxylic acids is 1. The largest absolute Gasteiger partial charge is 0.477 e. The van der Waals surface area contributed by atoms with Crippen LogP contribution in [0, 0.1) is 0 Å². The van der Waals surface area contributed by atoms with Gasteiger partial charge in [0.15, 0.2) is 0 Å². The van der Waals surface area contributed by atoms with Crippen LogP contribution in [0.15, 0.2) is 47.4 Å². The summed E-state index contributed by atoms with van der Waals surface area (Å²) in [4.78, 5) is 23.3. The van der Waals surface area contributed by atoms with Gasteiger partial charge in [-0.1, -0.05) is 25.1 Å². The third-order valence-electron chi connectivity index (χ3n) is 2.81. The summed E-state index contributed by atoms with van der Waals surface area (Å²) in [7, 11) is 0. The van der Waals surface area contributed by atoms with Crippen LogP contribution >= 0.6 is 0 Å². The fraction of sp³-hybridized carbons (Fsp3) is 0.143. The predicted molar refractivity (Wildman–Crippen MR) is 68.4 cm³/mol. The molecule has 0 bridgehead atoms. The first-order valence-electron chi connectivity index (χ1n) is 5.68. The van der Waals surface area contributed by atoms with Crippen molar-refractivity contribution in [2.45, 2.75) is 13.3 Å². The molecule has 0 spiro atoms. The molecule has 1 aromatic heterocycles. The predicted octanol–water partition coefficient (Wildman–Crippen LogP) is 2.10. The summed E-state index contributed by atoms with van der Waals surface area (Å²) in [6, 6.07) is 10.6. The zero-order valence-electron chi connectivity index (χ0n) is 9.96. The number of rotatable bonds is 3. The number of carboxylic acids is 1. The van der Waals surface area contributed by atoms with Crippen LogP contribution in [0.1, 0.15) is 22.8 Å². The maximum absolute atomic E-state index is 12.2. The zero-order chi connectivity index (χ0) is 13.1. The van der Waals surface area contributed by atoms with Gasteiger partial charge in [0.25, 0.3) is 5.56 Å². The number of pyridine rings is 1. The van der Waals surface area contributed by atoms with Crippen molar-refractivity contribution in [2.75, 3.05) is 0 Å². The number of carbonyl (C=O) groups is 1. The van der Waals surface area contributed by atoms with Gasteiger partial charge in [-0.3, -0.25) is 9.36 Å². The molecule has 0 radical (unpaired) electrons. The minimum atomic E-state index is -1.18. The van der Waals surface area contributed by atoms with Gasteiger partial charge >= 0.3 is 5.97 Å². The Balaban J connectivity index is 2.70. The molecule has 1 aromatic carbocycles. The third kappa shape index (κ3) is 2.05. The molecule has 0 saturated carbocycles. The molecule has 0 unspecified atom stereocenters. The van der Waals surface area contributed by atoms with Gasteiger partial charge in [-0.15, -0.1) is 0 Å². The lowest BCUT2D eigenvalue weighted by Crippen LogP contribution is -2.26. The highest BCUT2D eigenvalue weighted by molar-refractivity contribution is 5.89. The highest BCUT2D eigenvalue weighted by atomic mass is 16.4. The van der Waals surface area contributed by atoms with Crippen molar-refractivity contribution >= 4 is 5.97 Å². The molecule has 2 aromatic rings. The van der Waals surface area contributed by atoms with Gasteiger partial charge in [0.05, 0.1) is 0 Å². The maximum Gasteiger partial charge on any atom is 0.341 e. The molecule has 92 valence electrons. The minimum absolute atomic E-state index is 0.149. The fourth-order valence-electron chi connectivity index (χ4n) is 1.89. The number of para-hydroxylation sites is 1. The van der Waals surface area contributed by atoms with E-state index in [4.69, 9.17) is 5.11 Å². The van der Waals surface area contributed by atoms with Crippen LogP contribution in [-0.4, -0.2) is 15.6 Å². The Labute approximate surface area is 104 Å². The number of hydrogen-bond acceptors (Lipinski definition) is 2. The molecule has 0 saturated heterocycles. The highest BCUT2D eigenvalue weighted by Gasteiger charge is 2.16. The van der Waals surface area contributed by atoms with E-state index >= 15 is 0 Å². The molecule has 18 heavy (non-hydrogen) atoms. The van der Waals surface area contributed by atoms with E-state index in [1.807, 2.05) is 13.0 Å². The van der Waals surface area contributed by atoms with Crippen LogP contribution in [-0.2, 0) is 6.42 Å². The highest BCUT2D eigenvalue weighted by Crippen LogP contribution is 2.09. The summed E-state index contributed by atoms with van der Waals surface area (Å²) >= 11 is 0. The molecule has 4 heteroatoms. The minimum Gasteiger partial charge on any atom is -0.477 e. The van der Waals surface area contributed by atoms with E-state index in [0.29, 0.717) is 17.7 Å². The second kappa shape index (κ2) is 4.87. The molecule has 0 fully saturated rings. The fourth-order valence-corrected chi connectivity index (χ4v) is 1.89. The Hall–Kier alpha value is -2.36. The van der Waals surface area contributed by atoms with Crippen molar-refractivity contribution in [1.29, 1.82) is 0 Å². The van der Waals surface area contributed by atoms with Crippen molar-refractivity contribution in [3.63, 3.8) is 0 Å². The maximum atomic E-state index is 12.2. The Morgan fingerprint density at radius 2 is 1.89 bits per heavy atom. The van der Waals surface area contributed by atoms with Gasteiger partial charge in [0.1, 0.15) is 5.56 Å². The molecule has 0 amide bonds. The van der Waals surface area contributed by atoms with E-state index in [9.17, 15) is 9.59 Å². The van der Waals surface area contributed by atoms with E-state index in [1.165, 1.54) is 4.57 Å². The summed E-state index contributed by atoms with van der Waals surface area (Å²) in [6.45, 7) is 1.83. The van der Waals surface area contributed by atoms with Crippen LogP contribution in [0.4, 0.5) is 0 Å². The Kier molecular flexibility index (Phi) is 3.28. The Morgan fingerprint density at radius 1 is 1.22 bits per heavy atom. The molecule has 2 rings (SSSR count). The van der Waals surface area contributed by atoms with E-state index in [-0.39, 0.29) is 5.56 Å². The monoisotopic (exact) mass is 243 g/mol. The summed E-state index contributed by atoms with van der Waals surface area (Å²) in [5.41, 5.74) is 0.573. The number of aryl methyl sites for hydroxylation is 1. The molecular formula is C14H13NO3. The second-order valence-electron chi connectivity index (χ2n) is 3.89. The first-order chi connectivity index (χ1) is 8.65. The van der Waals surface area contributed by atoms with Gasteiger partial charge in [-0.05, 0) is 30.2 Å². The Morgan fingerprint density at radius 3 is 2.44 bits per heavy atom. The van der Waals surface area contributed by atoms with Crippen molar-refractivity contribution in [3.05, 3.63) is 64.1 Å². The lowest BCUT2D eigenvalue weighted by atomic mass is 10.1. The standard InChI is InChI=1S/C14H13NO3/c1-2-10-8-9-15(11-6-4-3-5-7-11)13(16)12(10)14(17)18/h3-9H,2H2,1H3,(H,17,18). The molecule has 0 aliphatic carbocycles. The zero-order valence-corrected chi connectivity index (χ0v) is 9.96. The summed E-state index contributed by atoms with van der Waals surface area (Å²) < 4.78 is 1.35. The number of carboxylic acid groups (broad SMARTS) is 1. The van der Waals surface area contributed by atoms with Gasteiger partial charge in [0, 0.05) is 11.9 Å². The molecule has 1 heterocycles. The van der Waals surface area contributed by atoms with E-state index in [0.717, 1.165) is 0 Å². The lowest BCUT2D eigenvalue weighted by molar-refractivity contribution is 0.0693. The van der Waals surface area contributed by atoms with Crippen LogP contribution in [0.3, 0.4) is 0 Å². The topological polar surface area (TPSA) is 59.3 Å². The Bertz CT molecular complexity index is 629. The third-order valence-corrected chi connectivity index (χ3v) is 2.81. The average Bonchev–Trinajstić information content (AvgIpc) is 2.38. The second-order valence-corrected chi connectivity index (χ2v) is 3.89. The van der Waals surface area contributed by atoms with Crippen molar-refractivity contribution in [1.82, 2.24) is 4.57 Å². The van der Waals surface area contributed by atoms with Crippen molar-refractivity contribution in [2.24, 2.45) is 0 Å². The summed E-state index contributed by atoms with van der Waals surface area (Å²) in [5, 5.41) is 9.14. The number of hydrogen-bond donors (Lipinski definition) is 1. The molecule has 1 N–H and O–H groups in total. The van der Waals surface area contributed by atoms with E-state index in [1.54, 1.807) is 36.5 Å². The van der Waals surface area contributed by atoms with Crippen LogP contribution in [0.5, 0.6) is 0 Å². The smallest absolute Gasteiger partial charge is 0.341 e. The molecule has 4 nitrogen and oxygen atoms in total. The van der Waals surface area contributed by atoms with E-state index in [2.05, 4.69) is 0 Å². The van der Waals surface area contributed by atoms with Gasteiger partial charge in [-0.2, -0.15) is 0 Å². The lowest BCUT2D eigenvalue weighted by Gasteiger charge is -2.09. The first kappa shape index (κ1) is 12.1. The molecule has 0 aliphatic heterocycles. The number of benzene rings is 1. The SMILES string of the molecule is CCc1ccn(-c2ccccc2)c(=O)c1C(=O)O. The summed E-state index contributed by atoms with van der Waals surface area (Å²) in [5.74, 6) is -1.18. The normalized spacial score (nSPS) is 10.3. The van der Waals surface area contributed by atoms with E-state index < -0.39 is 11.5 Å². The molecular weight excluding hydrogens is 230 g/mol. The quantitative estimate of drug-likeness (QED) is 0.898. The van der Waals surface area contributed by atoms with Crippen LogP contribution < -0.4 is 5.56 Å². The number of nitrogens with zero attached hydrogens (tertiary/aromatic N) is 1. The average molecular weight is 243 g/mol.